The van der Waals surface area contributed by atoms with Gasteiger partial charge in [-0.1, -0.05) is 42.1 Å². The van der Waals surface area contributed by atoms with Crippen LogP contribution in [0.4, 0.5) is 5.69 Å². The van der Waals surface area contributed by atoms with Crippen LogP contribution in [-0.2, 0) is 17.6 Å². The lowest BCUT2D eigenvalue weighted by Gasteiger charge is -2.13. The standard InChI is InChI=1S/C24H25N5O2S/c1-15-20(16(2)29-23(25-15)27-24(28-29)32-4)14-22(30)26-19-10-11-21(31-3)18(13-19)12-17-8-6-5-7-9-17/h5-11,13H,12,14H2,1-4H3,(H,26,30). The zero-order chi connectivity index (χ0) is 22.7. The fraction of sp³-hybridized carbons (Fsp3) is 0.250. The highest BCUT2D eigenvalue weighted by Gasteiger charge is 2.16. The van der Waals surface area contributed by atoms with E-state index in [0.29, 0.717) is 10.9 Å². The molecular formula is C24H25N5O2S. The van der Waals surface area contributed by atoms with Crippen molar-refractivity contribution in [1.82, 2.24) is 19.6 Å². The number of carbonyl (C=O) groups is 1. The first-order chi connectivity index (χ1) is 15.5. The Balaban J connectivity index is 1.55. The van der Waals surface area contributed by atoms with Crippen LogP contribution in [0.1, 0.15) is 28.1 Å². The van der Waals surface area contributed by atoms with E-state index in [1.807, 2.05) is 56.5 Å². The molecule has 32 heavy (non-hydrogen) atoms. The second kappa shape index (κ2) is 9.40. The minimum atomic E-state index is -0.113. The molecule has 4 rings (SSSR count). The molecule has 0 aliphatic heterocycles. The van der Waals surface area contributed by atoms with E-state index in [9.17, 15) is 4.79 Å². The Morgan fingerprint density at radius 2 is 1.91 bits per heavy atom. The molecule has 0 unspecified atom stereocenters. The summed E-state index contributed by atoms with van der Waals surface area (Å²) in [6.45, 7) is 3.84. The van der Waals surface area contributed by atoms with Crippen molar-refractivity contribution in [2.75, 3.05) is 18.7 Å². The number of thioether (sulfide) groups is 1. The van der Waals surface area contributed by atoms with Gasteiger partial charge in [0.2, 0.25) is 11.1 Å². The van der Waals surface area contributed by atoms with Crippen molar-refractivity contribution in [3.05, 3.63) is 76.6 Å². The van der Waals surface area contributed by atoms with Gasteiger partial charge in [0, 0.05) is 34.6 Å². The van der Waals surface area contributed by atoms with Crippen molar-refractivity contribution in [1.29, 1.82) is 0 Å². The molecule has 0 fully saturated rings. The van der Waals surface area contributed by atoms with Crippen LogP contribution in [0.2, 0.25) is 0 Å². The first kappa shape index (κ1) is 21.8. The second-order valence-electron chi connectivity index (χ2n) is 7.49. The number of benzene rings is 2. The van der Waals surface area contributed by atoms with Crippen molar-refractivity contribution in [2.45, 2.75) is 31.8 Å². The molecule has 2 heterocycles. The summed E-state index contributed by atoms with van der Waals surface area (Å²) >= 11 is 1.46. The number of hydrogen-bond acceptors (Lipinski definition) is 6. The number of aryl methyl sites for hydroxylation is 2. The van der Waals surface area contributed by atoms with Crippen LogP contribution >= 0.6 is 11.8 Å². The molecule has 0 spiro atoms. The summed E-state index contributed by atoms with van der Waals surface area (Å²) in [4.78, 5) is 21.8. The number of nitrogens with zero attached hydrogens (tertiary/aromatic N) is 4. The van der Waals surface area contributed by atoms with E-state index in [0.717, 1.165) is 40.4 Å². The molecule has 164 valence electrons. The smallest absolute Gasteiger partial charge is 0.253 e. The number of carbonyl (C=O) groups excluding carboxylic acids is 1. The summed E-state index contributed by atoms with van der Waals surface area (Å²) in [5.41, 5.74) is 5.43. The number of nitrogens with one attached hydrogen (secondary N) is 1. The average molecular weight is 448 g/mol. The van der Waals surface area contributed by atoms with Gasteiger partial charge in [-0.15, -0.1) is 5.10 Å². The first-order valence-corrected chi connectivity index (χ1v) is 11.5. The molecule has 2 aromatic carbocycles. The number of fused-ring (bicyclic) bond motifs is 1. The second-order valence-corrected chi connectivity index (χ2v) is 8.26. The minimum absolute atomic E-state index is 0.113. The third-order valence-electron chi connectivity index (χ3n) is 5.35. The Morgan fingerprint density at radius 3 is 2.62 bits per heavy atom. The van der Waals surface area contributed by atoms with E-state index in [4.69, 9.17) is 4.74 Å². The zero-order valence-corrected chi connectivity index (χ0v) is 19.4. The quantitative estimate of drug-likeness (QED) is 0.427. The van der Waals surface area contributed by atoms with E-state index in [2.05, 4.69) is 32.5 Å². The van der Waals surface area contributed by atoms with E-state index in [1.165, 1.54) is 17.3 Å². The monoisotopic (exact) mass is 447 g/mol. The van der Waals surface area contributed by atoms with Gasteiger partial charge in [-0.2, -0.15) is 4.98 Å². The van der Waals surface area contributed by atoms with Gasteiger partial charge in [0.15, 0.2) is 0 Å². The van der Waals surface area contributed by atoms with Gasteiger partial charge in [0.25, 0.3) is 5.78 Å². The predicted octanol–water partition coefficient (Wildman–Crippen LogP) is 4.24. The number of rotatable bonds is 7. The molecule has 8 heteroatoms. The maximum Gasteiger partial charge on any atom is 0.253 e. The molecule has 0 saturated heterocycles. The van der Waals surface area contributed by atoms with Crippen LogP contribution in [0.15, 0.2) is 53.7 Å². The van der Waals surface area contributed by atoms with Crippen LogP contribution in [0.5, 0.6) is 5.75 Å². The SMILES string of the molecule is COc1ccc(NC(=O)Cc2c(C)nc3nc(SC)nn3c2C)cc1Cc1ccccc1. The molecule has 0 aliphatic carbocycles. The number of amides is 1. The number of methoxy groups -OCH3 is 1. The van der Waals surface area contributed by atoms with Gasteiger partial charge < -0.3 is 10.1 Å². The maximum atomic E-state index is 12.9. The maximum absolute atomic E-state index is 12.9. The molecule has 0 bridgehead atoms. The van der Waals surface area contributed by atoms with E-state index in [-0.39, 0.29) is 12.3 Å². The molecule has 7 nitrogen and oxygen atoms in total. The summed E-state index contributed by atoms with van der Waals surface area (Å²) in [7, 11) is 1.66. The summed E-state index contributed by atoms with van der Waals surface area (Å²) in [5, 5.41) is 8.13. The van der Waals surface area contributed by atoms with Crippen molar-refractivity contribution in [2.24, 2.45) is 0 Å². The third-order valence-corrected chi connectivity index (χ3v) is 5.89. The van der Waals surface area contributed by atoms with Gasteiger partial charge in [-0.25, -0.2) is 9.50 Å². The van der Waals surface area contributed by atoms with Crippen LogP contribution in [0.3, 0.4) is 0 Å². The van der Waals surface area contributed by atoms with Crippen molar-refractivity contribution in [3.8, 4) is 5.75 Å². The minimum Gasteiger partial charge on any atom is -0.496 e. The molecule has 1 N–H and O–H groups in total. The van der Waals surface area contributed by atoms with Crippen LogP contribution in [0.25, 0.3) is 5.78 Å². The van der Waals surface area contributed by atoms with Crippen LogP contribution in [0, 0.1) is 13.8 Å². The van der Waals surface area contributed by atoms with Gasteiger partial charge >= 0.3 is 0 Å². The number of anilines is 1. The number of hydrogen-bond donors (Lipinski definition) is 1. The zero-order valence-electron chi connectivity index (χ0n) is 18.5. The van der Waals surface area contributed by atoms with Crippen LogP contribution in [-0.4, -0.2) is 38.9 Å². The molecule has 2 aromatic heterocycles. The lowest BCUT2D eigenvalue weighted by Crippen LogP contribution is -2.18. The van der Waals surface area contributed by atoms with Crippen molar-refractivity contribution < 1.29 is 9.53 Å². The number of aromatic nitrogens is 4. The fourth-order valence-electron chi connectivity index (χ4n) is 3.71. The first-order valence-electron chi connectivity index (χ1n) is 10.3. The normalized spacial score (nSPS) is 11.0. The summed E-state index contributed by atoms with van der Waals surface area (Å²) in [6, 6.07) is 15.9. The van der Waals surface area contributed by atoms with Gasteiger partial charge in [-0.3, -0.25) is 4.79 Å². The van der Waals surface area contributed by atoms with E-state index >= 15 is 0 Å². The Bertz CT molecular complexity index is 1270. The lowest BCUT2D eigenvalue weighted by molar-refractivity contribution is -0.115. The van der Waals surface area contributed by atoms with E-state index in [1.54, 1.807) is 11.6 Å². The highest BCUT2D eigenvalue weighted by atomic mass is 32.2. The molecule has 0 saturated carbocycles. The Morgan fingerprint density at radius 1 is 1.12 bits per heavy atom. The van der Waals surface area contributed by atoms with Crippen molar-refractivity contribution >= 4 is 29.1 Å². The van der Waals surface area contributed by atoms with Crippen molar-refractivity contribution in [3.63, 3.8) is 0 Å². The third kappa shape index (κ3) is 4.60. The topological polar surface area (TPSA) is 81.4 Å². The highest BCUT2D eigenvalue weighted by Crippen LogP contribution is 2.26. The summed E-state index contributed by atoms with van der Waals surface area (Å²) in [5.74, 6) is 1.23. The Hall–Kier alpha value is -3.39. The lowest BCUT2D eigenvalue weighted by atomic mass is 10.0. The Kier molecular flexibility index (Phi) is 6.41. The van der Waals surface area contributed by atoms with Gasteiger partial charge in [-0.05, 0) is 43.9 Å². The predicted molar refractivity (Wildman–Crippen MR) is 127 cm³/mol. The molecule has 4 aromatic rings. The van der Waals surface area contributed by atoms with Crippen LogP contribution < -0.4 is 10.1 Å². The number of ether oxygens (including phenoxy) is 1. The largest absolute Gasteiger partial charge is 0.496 e. The summed E-state index contributed by atoms with van der Waals surface area (Å²) < 4.78 is 7.22. The molecule has 0 radical (unpaired) electrons. The van der Waals surface area contributed by atoms with Gasteiger partial charge in [0.05, 0.1) is 13.5 Å². The highest BCUT2D eigenvalue weighted by molar-refractivity contribution is 7.98. The summed E-state index contributed by atoms with van der Waals surface area (Å²) in [6.07, 6.45) is 2.85. The van der Waals surface area contributed by atoms with E-state index < -0.39 is 0 Å². The molecule has 0 aliphatic rings. The van der Waals surface area contributed by atoms with Gasteiger partial charge in [0.1, 0.15) is 5.75 Å². The molecular weight excluding hydrogens is 422 g/mol. The molecule has 1 amide bonds. The molecule has 0 atom stereocenters. The fourth-order valence-corrected chi connectivity index (χ4v) is 4.04. The average Bonchev–Trinajstić information content (AvgIpc) is 3.21. The Labute approximate surface area is 191 Å².